The van der Waals surface area contributed by atoms with Gasteiger partial charge in [0.2, 0.25) is 0 Å². The van der Waals surface area contributed by atoms with Crippen LogP contribution in [0.1, 0.15) is 20.8 Å². The van der Waals surface area contributed by atoms with Gasteiger partial charge in [0.1, 0.15) is 0 Å². The molecule has 0 saturated heterocycles. The highest BCUT2D eigenvalue weighted by Gasteiger charge is 2.10. The predicted octanol–water partition coefficient (Wildman–Crippen LogP) is 2.61. The number of carbonyl (C=O) groups is 1. The fourth-order valence-electron chi connectivity index (χ4n) is 1.27. The summed E-state index contributed by atoms with van der Waals surface area (Å²) in [5.74, 6) is 0. The van der Waals surface area contributed by atoms with E-state index in [1.165, 1.54) is 30.5 Å². The Bertz CT molecular complexity index is 616. The number of nitrogens with one attached hydrogen (secondary N) is 2. The standard InChI is InChI=1S/C13H18N2O4S/c1-13(2,3)7-8-14-12(16)15-10-5-4-6-11(9-10)20(17,18)19/h4-9H,1-3H3,(H2,14,15,16)(H,17,18,19)/b8-7+. The topological polar surface area (TPSA) is 95.5 Å². The second-order valence-corrected chi connectivity index (χ2v) is 6.72. The molecule has 0 heterocycles. The zero-order chi connectivity index (χ0) is 15.4. The molecule has 0 radical (unpaired) electrons. The lowest BCUT2D eigenvalue weighted by molar-refractivity contribution is 0.255. The molecule has 1 aromatic rings. The molecule has 0 bridgehead atoms. The Labute approximate surface area is 118 Å². The molecule has 1 aromatic carbocycles. The van der Waals surface area contributed by atoms with Crippen LogP contribution >= 0.6 is 0 Å². The maximum absolute atomic E-state index is 11.6. The highest BCUT2D eigenvalue weighted by molar-refractivity contribution is 7.85. The van der Waals surface area contributed by atoms with Gasteiger partial charge in [-0.15, -0.1) is 0 Å². The number of carbonyl (C=O) groups excluding carboxylic acids is 1. The molecule has 0 fully saturated rings. The van der Waals surface area contributed by atoms with Gasteiger partial charge < -0.3 is 10.6 Å². The van der Waals surface area contributed by atoms with E-state index >= 15 is 0 Å². The first-order valence-corrected chi connectivity index (χ1v) is 7.35. The molecule has 20 heavy (non-hydrogen) atoms. The Kier molecular flexibility index (Phi) is 4.91. The summed E-state index contributed by atoms with van der Waals surface area (Å²) in [6.07, 6.45) is 3.34. The summed E-state index contributed by atoms with van der Waals surface area (Å²) in [6, 6.07) is 4.84. The van der Waals surface area contributed by atoms with Gasteiger partial charge in [-0.25, -0.2) is 4.79 Å². The van der Waals surface area contributed by atoms with E-state index in [2.05, 4.69) is 10.6 Å². The van der Waals surface area contributed by atoms with Crippen molar-refractivity contribution in [3.8, 4) is 0 Å². The van der Waals surface area contributed by atoms with E-state index in [0.29, 0.717) is 0 Å². The molecule has 0 aromatic heterocycles. The number of benzene rings is 1. The lowest BCUT2D eigenvalue weighted by Gasteiger charge is -2.11. The van der Waals surface area contributed by atoms with Crippen molar-refractivity contribution in [1.82, 2.24) is 5.32 Å². The number of urea groups is 1. The van der Waals surface area contributed by atoms with E-state index in [1.54, 1.807) is 0 Å². The first kappa shape index (κ1) is 16.2. The monoisotopic (exact) mass is 298 g/mol. The molecule has 0 spiro atoms. The zero-order valence-corrected chi connectivity index (χ0v) is 12.4. The largest absolute Gasteiger partial charge is 0.323 e. The lowest BCUT2D eigenvalue weighted by Crippen LogP contribution is -2.24. The molecular formula is C13H18N2O4S. The number of hydrogen-bond acceptors (Lipinski definition) is 3. The van der Waals surface area contributed by atoms with Gasteiger partial charge in [0.15, 0.2) is 0 Å². The van der Waals surface area contributed by atoms with Crippen molar-refractivity contribution in [3.63, 3.8) is 0 Å². The molecule has 3 N–H and O–H groups in total. The van der Waals surface area contributed by atoms with Gasteiger partial charge in [0, 0.05) is 11.9 Å². The van der Waals surface area contributed by atoms with Crippen LogP contribution in [0.15, 0.2) is 41.4 Å². The molecule has 6 nitrogen and oxygen atoms in total. The summed E-state index contributed by atoms with van der Waals surface area (Å²) in [7, 11) is -4.28. The average molecular weight is 298 g/mol. The molecule has 110 valence electrons. The minimum Gasteiger partial charge on any atom is -0.315 e. The highest BCUT2D eigenvalue weighted by Crippen LogP contribution is 2.15. The molecular weight excluding hydrogens is 280 g/mol. The summed E-state index contributed by atoms with van der Waals surface area (Å²) >= 11 is 0. The Morgan fingerprint density at radius 3 is 2.50 bits per heavy atom. The second kappa shape index (κ2) is 6.06. The Balaban J connectivity index is 2.70. The first-order chi connectivity index (χ1) is 9.08. The Morgan fingerprint density at radius 1 is 1.30 bits per heavy atom. The van der Waals surface area contributed by atoms with Gasteiger partial charge in [0.25, 0.3) is 10.1 Å². The molecule has 7 heteroatoms. The van der Waals surface area contributed by atoms with Crippen molar-refractivity contribution < 1.29 is 17.8 Å². The van der Waals surface area contributed by atoms with Crippen molar-refractivity contribution in [2.24, 2.45) is 5.41 Å². The van der Waals surface area contributed by atoms with Crippen molar-refractivity contribution in [2.45, 2.75) is 25.7 Å². The third-order valence-electron chi connectivity index (χ3n) is 2.19. The number of allylic oxidation sites excluding steroid dienone is 1. The number of amides is 2. The quantitative estimate of drug-likeness (QED) is 0.747. The van der Waals surface area contributed by atoms with Gasteiger partial charge in [-0.2, -0.15) is 8.42 Å². The van der Waals surface area contributed by atoms with Gasteiger partial charge >= 0.3 is 6.03 Å². The molecule has 0 unspecified atom stereocenters. The minimum atomic E-state index is -4.28. The van der Waals surface area contributed by atoms with E-state index in [9.17, 15) is 13.2 Å². The summed E-state index contributed by atoms with van der Waals surface area (Å²) < 4.78 is 30.8. The molecule has 0 saturated carbocycles. The van der Waals surface area contributed by atoms with Crippen LogP contribution in [0.5, 0.6) is 0 Å². The van der Waals surface area contributed by atoms with Crippen molar-refractivity contribution in [1.29, 1.82) is 0 Å². The fourth-order valence-corrected chi connectivity index (χ4v) is 1.80. The third-order valence-corrected chi connectivity index (χ3v) is 3.04. The highest BCUT2D eigenvalue weighted by atomic mass is 32.2. The minimum absolute atomic E-state index is 0.0574. The SMILES string of the molecule is CC(C)(C)/C=C/NC(=O)Nc1cccc(S(=O)(=O)O)c1. The van der Waals surface area contributed by atoms with Crippen LogP contribution < -0.4 is 10.6 Å². The number of anilines is 1. The van der Waals surface area contributed by atoms with Crippen LogP contribution in [0.3, 0.4) is 0 Å². The van der Waals surface area contributed by atoms with Gasteiger partial charge in [-0.05, 0) is 23.6 Å². The molecule has 2 amide bonds. The smallest absolute Gasteiger partial charge is 0.315 e. The second-order valence-electron chi connectivity index (χ2n) is 5.30. The molecule has 0 atom stereocenters. The van der Waals surface area contributed by atoms with Gasteiger partial charge in [-0.1, -0.05) is 32.9 Å². The molecule has 1 rings (SSSR count). The van der Waals surface area contributed by atoms with Crippen LogP contribution in [0.25, 0.3) is 0 Å². The Hall–Kier alpha value is -1.86. The predicted molar refractivity (Wildman–Crippen MR) is 77.0 cm³/mol. The van der Waals surface area contributed by atoms with Crippen LogP contribution in [0.4, 0.5) is 10.5 Å². The third kappa shape index (κ3) is 5.85. The number of rotatable bonds is 3. The lowest BCUT2D eigenvalue weighted by atomic mass is 9.97. The Morgan fingerprint density at radius 2 is 1.95 bits per heavy atom. The van der Waals surface area contributed by atoms with Crippen molar-refractivity contribution in [3.05, 3.63) is 36.5 Å². The molecule has 0 aliphatic rings. The van der Waals surface area contributed by atoms with E-state index in [4.69, 9.17) is 4.55 Å². The van der Waals surface area contributed by atoms with E-state index in [-0.39, 0.29) is 16.0 Å². The first-order valence-electron chi connectivity index (χ1n) is 5.91. The summed E-state index contributed by atoms with van der Waals surface area (Å²) in [5, 5.41) is 4.97. The van der Waals surface area contributed by atoms with E-state index in [1.807, 2.05) is 26.8 Å². The van der Waals surface area contributed by atoms with Crippen LogP contribution in [-0.2, 0) is 10.1 Å². The van der Waals surface area contributed by atoms with E-state index in [0.717, 1.165) is 0 Å². The maximum Gasteiger partial charge on any atom is 0.323 e. The summed E-state index contributed by atoms with van der Waals surface area (Å²) in [4.78, 5) is 11.3. The molecule has 0 aliphatic carbocycles. The zero-order valence-electron chi connectivity index (χ0n) is 11.5. The van der Waals surface area contributed by atoms with Crippen molar-refractivity contribution in [2.75, 3.05) is 5.32 Å². The maximum atomic E-state index is 11.6. The van der Waals surface area contributed by atoms with Gasteiger partial charge in [0.05, 0.1) is 4.90 Å². The van der Waals surface area contributed by atoms with Crippen LogP contribution in [0, 0.1) is 5.41 Å². The fraction of sp³-hybridized carbons (Fsp3) is 0.308. The summed E-state index contributed by atoms with van der Waals surface area (Å²) in [6.45, 7) is 5.95. The normalized spacial score (nSPS) is 12.4. The summed E-state index contributed by atoms with van der Waals surface area (Å²) in [5.41, 5.74) is 0.208. The van der Waals surface area contributed by atoms with Crippen LogP contribution in [0.2, 0.25) is 0 Å². The number of hydrogen-bond donors (Lipinski definition) is 3. The van der Waals surface area contributed by atoms with Crippen LogP contribution in [-0.4, -0.2) is 19.0 Å². The molecule has 0 aliphatic heterocycles. The van der Waals surface area contributed by atoms with Gasteiger partial charge in [-0.3, -0.25) is 4.55 Å². The average Bonchev–Trinajstić information content (AvgIpc) is 2.26. The van der Waals surface area contributed by atoms with Crippen molar-refractivity contribution >= 4 is 21.8 Å². The van der Waals surface area contributed by atoms with E-state index < -0.39 is 16.1 Å².